The van der Waals surface area contributed by atoms with Crippen LogP contribution in [0.5, 0.6) is 5.75 Å². The third-order valence-electron chi connectivity index (χ3n) is 3.39. The molecule has 0 radical (unpaired) electrons. The van der Waals surface area contributed by atoms with Crippen LogP contribution in [0.1, 0.15) is 19.5 Å². The fraction of sp³-hybridized carbons (Fsp3) is 0.353. The molecule has 0 spiro atoms. The summed E-state index contributed by atoms with van der Waals surface area (Å²) in [7, 11) is 0. The number of rotatable bonds is 6. The molecule has 4 heteroatoms. The molecule has 0 saturated carbocycles. The van der Waals surface area contributed by atoms with E-state index in [-0.39, 0.29) is 0 Å². The van der Waals surface area contributed by atoms with Crippen LogP contribution in [0, 0.1) is 11.3 Å². The van der Waals surface area contributed by atoms with Crippen molar-refractivity contribution >= 4 is 11.8 Å². The number of benzene rings is 1. The first-order chi connectivity index (χ1) is 10.1. The van der Waals surface area contributed by atoms with E-state index in [0.29, 0.717) is 6.61 Å². The predicted molar refractivity (Wildman–Crippen MR) is 88.3 cm³/mol. The van der Waals surface area contributed by atoms with E-state index >= 15 is 0 Å². The minimum absolute atomic E-state index is 0.551. The molecule has 0 bridgehead atoms. The molecule has 1 heterocycles. The van der Waals surface area contributed by atoms with Crippen LogP contribution in [0.2, 0.25) is 0 Å². The predicted octanol–water partition coefficient (Wildman–Crippen LogP) is 4.02. The van der Waals surface area contributed by atoms with Gasteiger partial charge in [0.05, 0.1) is 18.9 Å². The Hall–Kier alpha value is -1.86. The monoisotopic (exact) mass is 300 g/mol. The highest BCUT2D eigenvalue weighted by molar-refractivity contribution is 7.98. The number of nitriles is 1. The molecule has 0 saturated heterocycles. The normalized spacial score (nSPS) is 13.4. The first kappa shape index (κ1) is 15.5. The fourth-order valence-electron chi connectivity index (χ4n) is 2.36. The molecule has 110 valence electrons. The van der Waals surface area contributed by atoms with Crippen LogP contribution in [0.25, 0.3) is 5.69 Å². The van der Waals surface area contributed by atoms with Crippen molar-refractivity contribution in [3.63, 3.8) is 0 Å². The van der Waals surface area contributed by atoms with Crippen LogP contribution >= 0.6 is 11.8 Å². The summed E-state index contributed by atoms with van der Waals surface area (Å²) >= 11 is 1.68. The summed E-state index contributed by atoms with van der Waals surface area (Å²) < 4.78 is 7.69. The Labute approximate surface area is 130 Å². The van der Waals surface area contributed by atoms with Gasteiger partial charge in [0.15, 0.2) is 0 Å². The van der Waals surface area contributed by atoms with Crippen LogP contribution in [0.4, 0.5) is 0 Å². The second-order valence-electron chi connectivity index (χ2n) is 5.08. The first-order valence-electron chi connectivity index (χ1n) is 6.96. The summed E-state index contributed by atoms with van der Waals surface area (Å²) in [4.78, 5) is 0. The van der Waals surface area contributed by atoms with Crippen molar-refractivity contribution in [1.29, 1.82) is 5.26 Å². The smallest absolute Gasteiger partial charge is 0.137 e. The van der Waals surface area contributed by atoms with Gasteiger partial charge in [-0.2, -0.15) is 17.0 Å². The first-order valence-corrected chi connectivity index (χ1v) is 8.35. The number of aromatic nitrogens is 1. The summed E-state index contributed by atoms with van der Waals surface area (Å²) in [6, 6.07) is 14.5. The van der Waals surface area contributed by atoms with E-state index in [9.17, 15) is 5.26 Å². The van der Waals surface area contributed by atoms with Gasteiger partial charge in [-0.15, -0.1) is 0 Å². The third kappa shape index (κ3) is 3.25. The average molecular weight is 300 g/mol. The number of ether oxygens (including phenoxy) is 1. The zero-order valence-electron chi connectivity index (χ0n) is 12.7. The molecule has 21 heavy (non-hydrogen) atoms. The molecule has 1 unspecified atom stereocenters. The van der Waals surface area contributed by atoms with Gasteiger partial charge in [0.2, 0.25) is 0 Å². The third-order valence-corrected chi connectivity index (χ3v) is 4.25. The van der Waals surface area contributed by atoms with E-state index < -0.39 is 5.41 Å². The van der Waals surface area contributed by atoms with Crippen LogP contribution in [0.3, 0.4) is 0 Å². The van der Waals surface area contributed by atoms with Crippen LogP contribution in [-0.2, 0) is 5.41 Å². The van der Waals surface area contributed by atoms with Crippen LogP contribution in [-0.4, -0.2) is 23.2 Å². The Morgan fingerprint density at radius 3 is 2.62 bits per heavy atom. The van der Waals surface area contributed by atoms with E-state index in [2.05, 4.69) is 10.6 Å². The Bertz CT molecular complexity index is 630. The minimum Gasteiger partial charge on any atom is -0.492 e. The summed E-state index contributed by atoms with van der Waals surface area (Å²) in [5, 5.41) is 9.66. The molecular weight excluding hydrogens is 280 g/mol. The molecule has 1 aromatic heterocycles. The maximum absolute atomic E-state index is 9.66. The Morgan fingerprint density at radius 1 is 1.33 bits per heavy atom. The van der Waals surface area contributed by atoms with E-state index in [1.54, 1.807) is 11.8 Å². The van der Waals surface area contributed by atoms with Crippen molar-refractivity contribution in [3.8, 4) is 17.5 Å². The van der Waals surface area contributed by atoms with E-state index in [4.69, 9.17) is 4.74 Å². The van der Waals surface area contributed by atoms with Crippen molar-refractivity contribution in [2.75, 3.05) is 18.6 Å². The highest BCUT2D eigenvalue weighted by Gasteiger charge is 2.30. The quantitative estimate of drug-likeness (QED) is 0.808. The van der Waals surface area contributed by atoms with E-state index in [0.717, 1.165) is 22.9 Å². The highest BCUT2D eigenvalue weighted by atomic mass is 32.2. The van der Waals surface area contributed by atoms with Gasteiger partial charge in [-0.25, -0.2) is 0 Å². The minimum atomic E-state index is -0.551. The molecule has 1 atom stereocenters. The second-order valence-corrected chi connectivity index (χ2v) is 5.94. The summed E-state index contributed by atoms with van der Waals surface area (Å²) in [5.74, 6) is 1.55. The van der Waals surface area contributed by atoms with Crippen molar-refractivity contribution in [2.45, 2.75) is 19.3 Å². The van der Waals surface area contributed by atoms with Crippen LogP contribution < -0.4 is 4.74 Å². The maximum Gasteiger partial charge on any atom is 0.137 e. The molecule has 2 rings (SSSR count). The summed E-state index contributed by atoms with van der Waals surface area (Å²) in [5.41, 5.74) is 1.46. The molecule has 0 aliphatic carbocycles. The van der Waals surface area contributed by atoms with E-state index in [1.807, 2.05) is 62.7 Å². The van der Waals surface area contributed by atoms with Gasteiger partial charge >= 0.3 is 0 Å². The summed E-state index contributed by atoms with van der Waals surface area (Å²) in [6.45, 7) is 4.56. The lowest BCUT2D eigenvalue weighted by Crippen LogP contribution is -2.25. The lowest BCUT2D eigenvalue weighted by atomic mass is 9.90. The number of nitrogens with zero attached hydrogens (tertiary/aromatic N) is 2. The molecular formula is C17H20N2OS. The standard InChI is InChI=1S/C17H20N2OS/c1-4-20-15-10-16(17(2,12-18)13-21-3)19(11-15)14-8-6-5-7-9-14/h5-11H,4,13H2,1-3H3. The Morgan fingerprint density at radius 2 is 2.05 bits per heavy atom. The molecule has 0 fully saturated rings. The molecule has 0 amide bonds. The lowest BCUT2D eigenvalue weighted by molar-refractivity contribution is 0.340. The molecule has 3 nitrogen and oxygen atoms in total. The lowest BCUT2D eigenvalue weighted by Gasteiger charge is -2.22. The largest absolute Gasteiger partial charge is 0.492 e. The van der Waals surface area contributed by atoms with Gasteiger partial charge in [-0.3, -0.25) is 0 Å². The SMILES string of the molecule is CCOc1cc(C(C)(C#N)CSC)n(-c2ccccc2)c1. The average Bonchev–Trinajstić information content (AvgIpc) is 2.93. The van der Waals surface area contributed by atoms with Gasteiger partial charge in [0, 0.05) is 23.2 Å². The van der Waals surface area contributed by atoms with Crippen molar-refractivity contribution in [1.82, 2.24) is 4.57 Å². The van der Waals surface area contributed by atoms with Gasteiger partial charge in [-0.05, 0) is 32.2 Å². The number of thioether (sulfide) groups is 1. The molecule has 0 N–H and O–H groups in total. The molecule has 1 aromatic carbocycles. The van der Waals surface area contributed by atoms with Gasteiger partial charge in [-0.1, -0.05) is 18.2 Å². The topological polar surface area (TPSA) is 37.9 Å². The molecule has 0 aliphatic heterocycles. The van der Waals surface area contributed by atoms with Gasteiger partial charge in [0.1, 0.15) is 11.2 Å². The maximum atomic E-state index is 9.66. The Kier molecular flexibility index (Phi) is 4.98. The molecule has 2 aromatic rings. The summed E-state index contributed by atoms with van der Waals surface area (Å²) in [6.07, 6.45) is 3.99. The number of hydrogen-bond acceptors (Lipinski definition) is 3. The van der Waals surface area contributed by atoms with Crippen molar-refractivity contribution in [2.24, 2.45) is 0 Å². The zero-order valence-corrected chi connectivity index (χ0v) is 13.5. The number of para-hydroxylation sites is 1. The number of hydrogen-bond donors (Lipinski definition) is 0. The molecule has 0 aliphatic rings. The van der Waals surface area contributed by atoms with Gasteiger partial charge < -0.3 is 9.30 Å². The Balaban J connectivity index is 2.56. The second kappa shape index (κ2) is 6.73. The highest BCUT2D eigenvalue weighted by Crippen LogP contribution is 2.33. The van der Waals surface area contributed by atoms with Crippen LogP contribution in [0.15, 0.2) is 42.6 Å². The fourth-order valence-corrected chi connectivity index (χ4v) is 3.15. The van der Waals surface area contributed by atoms with E-state index in [1.165, 1.54) is 0 Å². The van der Waals surface area contributed by atoms with Crippen molar-refractivity contribution < 1.29 is 4.74 Å². The van der Waals surface area contributed by atoms with Gasteiger partial charge in [0.25, 0.3) is 0 Å². The zero-order chi connectivity index (χ0) is 15.3. The van der Waals surface area contributed by atoms with Crippen molar-refractivity contribution in [3.05, 3.63) is 48.3 Å².